The number of halogens is 4. The van der Waals surface area contributed by atoms with Gasteiger partial charge in [0.15, 0.2) is 0 Å². The van der Waals surface area contributed by atoms with Gasteiger partial charge in [0.2, 0.25) is 0 Å². The van der Waals surface area contributed by atoms with E-state index in [1.54, 1.807) is 35.9 Å². The Labute approximate surface area is 125 Å². The fraction of sp³-hybridized carbons (Fsp3) is 0.429. The van der Waals surface area contributed by atoms with Crippen molar-refractivity contribution in [3.8, 4) is 5.69 Å². The average Bonchev–Trinajstić information content (AvgIpc) is 3.00. The number of nitrogens with zero attached hydrogens (tertiary/aromatic N) is 4. The molecule has 1 atom stereocenters. The summed E-state index contributed by atoms with van der Waals surface area (Å²) in [5.41, 5.74) is 1.52. The van der Waals surface area contributed by atoms with E-state index in [-0.39, 0.29) is 0 Å². The molecule has 0 aliphatic carbocycles. The molecule has 0 saturated heterocycles. The molecule has 2 rings (SSSR count). The van der Waals surface area contributed by atoms with Crippen molar-refractivity contribution < 1.29 is 17.6 Å². The number of aromatic nitrogens is 3. The quantitative estimate of drug-likeness (QED) is 0.768. The summed E-state index contributed by atoms with van der Waals surface area (Å²) < 4.78 is 52.3. The van der Waals surface area contributed by atoms with E-state index in [9.17, 15) is 17.6 Å². The van der Waals surface area contributed by atoms with E-state index < -0.39 is 24.9 Å². The Morgan fingerprint density at radius 3 is 2.36 bits per heavy atom. The normalized spacial score (nSPS) is 13.8. The molecule has 2 aromatic rings. The first-order valence-electron chi connectivity index (χ1n) is 6.62. The lowest BCUT2D eigenvalue weighted by molar-refractivity contribution is -0.143. The van der Waals surface area contributed by atoms with Gasteiger partial charge in [-0.3, -0.25) is 4.90 Å². The van der Waals surface area contributed by atoms with Crippen LogP contribution in [0.1, 0.15) is 18.5 Å². The van der Waals surface area contributed by atoms with Crippen LogP contribution in [0.2, 0.25) is 0 Å². The molecule has 0 aliphatic rings. The largest absolute Gasteiger partial charge is 0.319 e. The van der Waals surface area contributed by atoms with E-state index in [0.717, 1.165) is 11.3 Å². The highest BCUT2D eigenvalue weighted by molar-refractivity contribution is 5.34. The van der Waals surface area contributed by atoms with Crippen molar-refractivity contribution in [3.05, 3.63) is 42.5 Å². The third kappa shape index (κ3) is 3.62. The first-order valence-corrected chi connectivity index (χ1v) is 6.62. The predicted octanol–water partition coefficient (Wildman–Crippen LogP) is 3.16. The van der Waals surface area contributed by atoms with Crippen molar-refractivity contribution in [2.24, 2.45) is 0 Å². The molecular weight excluding hydrogens is 300 g/mol. The van der Waals surface area contributed by atoms with Gasteiger partial charge in [0.05, 0.1) is 12.2 Å². The van der Waals surface area contributed by atoms with Crippen molar-refractivity contribution >= 4 is 0 Å². The van der Waals surface area contributed by atoms with Gasteiger partial charge in [0.1, 0.15) is 12.7 Å². The van der Waals surface area contributed by atoms with Gasteiger partial charge in [0.25, 0.3) is 0 Å². The van der Waals surface area contributed by atoms with Gasteiger partial charge in [-0.1, -0.05) is 12.1 Å². The number of hydrogen-bond acceptors (Lipinski definition) is 3. The summed E-state index contributed by atoms with van der Waals surface area (Å²) >= 11 is 0. The van der Waals surface area contributed by atoms with Gasteiger partial charge in [-0.15, -0.1) is 0 Å². The molecule has 1 unspecified atom stereocenters. The topological polar surface area (TPSA) is 34.0 Å². The second kappa shape index (κ2) is 6.43. The summed E-state index contributed by atoms with van der Waals surface area (Å²) in [5.74, 6) is -4.02. The summed E-state index contributed by atoms with van der Waals surface area (Å²) in [5, 5.41) is 3.98. The Morgan fingerprint density at radius 1 is 1.23 bits per heavy atom. The molecule has 0 amide bonds. The molecule has 0 saturated carbocycles. The van der Waals surface area contributed by atoms with E-state index in [4.69, 9.17) is 0 Å². The van der Waals surface area contributed by atoms with Crippen LogP contribution >= 0.6 is 0 Å². The zero-order valence-corrected chi connectivity index (χ0v) is 12.1. The Kier molecular flexibility index (Phi) is 4.80. The zero-order valence-electron chi connectivity index (χ0n) is 12.1. The lowest BCUT2D eigenvalue weighted by Gasteiger charge is -2.28. The Balaban J connectivity index is 2.07. The fourth-order valence-electron chi connectivity index (χ4n) is 2.04. The highest BCUT2D eigenvalue weighted by atomic mass is 19.3. The van der Waals surface area contributed by atoms with Gasteiger partial charge in [-0.2, -0.15) is 13.9 Å². The van der Waals surface area contributed by atoms with Crippen LogP contribution in [0.25, 0.3) is 5.69 Å². The maximum Gasteiger partial charge on any atom is 0.319 e. The maximum absolute atomic E-state index is 13.1. The molecule has 120 valence electrons. The second-order valence-corrected chi connectivity index (χ2v) is 5.08. The first-order chi connectivity index (χ1) is 10.3. The highest BCUT2D eigenvalue weighted by Gasteiger charge is 2.42. The van der Waals surface area contributed by atoms with Gasteiger partial charge in [0, 0.05) is 6.04 Å². The van der Waals surface area contributed by atoms with Crippen LogP contribution in [-0.2, 0) is 0 Å². The Bertz CT molecular complexity index is 583. The van der Waals surface area contributed by atoms with Crippen molar-refractivity contribution in [3.63, 3.8) is 0 Å². The van der Waals surface area contributed by atoms with E-state index in [2.05, 4.69) is 10.1 Å². The van der Waals surface area contributed by atoms with Crippen molar-refractivity contribution in [2.75, 3.05) is 13.6 Å². The van der Waals surface area contributed by atoms with E-state index in [0.29, 0.717) is 0 Å². The third-order valence-electron chi connectivity index (χ3n) is 3.50. The first kappa shape index (κ1) is 16.4. The van der Waals surface area contributed by atoms with E-state index in [1.165, 1.54) is 24.6 Å². The standard InChI is InChI=1S/C14H16F4N4/c1-10(21(2)7-14(17,18)13(15)16)11-3-5-12(6-4-11)22-9-19-8-20-22/h3-6,8-10,13H,7H2,1-2H3. The van der Waals surface area contributed by atoms with E-state index >= 15 is 0 Å². The van der Waals surface area contributed by atoms with Crippen molar-refractivity contribution in [1.82, 2.24) is 19.7 Å². The molecule has 0 bridgehead atoms. The average molecular weight is 316 g/mol. The summed E-state index contributed by atoms with van der Waals surface area (Å²) in [6.45, 7) is 0.683. The molecule has 0 fully saturated rings. The SMILES string of the molecule is CC(c1ccc(-n2cncn2)cc1)N(C)CC(F)(F)C(F)F. The molecular formula is C14H16F4N4. The lowest BCUT2D eigenvalue weighted by atomic mass is 10.1. The molecule has 4 nitrogen and oxygen atoms in total. The third-order valence-corrected chi connectivity index (χ3v) is 3.50. The zero-order chi connectivity index (χ0) is 16.3. The Hall–Kier alpha value is -1.96. The molecule has 0 N–H and O–H groups in total. The van der Waals surface area contributed by atoms with Crippen LogP contribution < -0.4 is 0 Å². The number of rotatable bonds is 6. The molecule has 0 spiro atoms. The minimum absolute atomic E-state index is 0.422. The summed E-state index contributed by atoms with van der Waals surface area (Å²) in [4.78, 5) is 5.04. The molecule has 0 radical (unpaired) electrons. The van der Waals surface area contributed by atoms with Crippen LogP contribution in [0.3, 0.4) is 0 Å². The fourth-order valence-corrected chi connectivity index (χ4v) is 2.04. The number of hydrogen-bond donors (Lipinski definition) is 0. The van der Waals surface area contributed by atoms with Gasteiger partial charge >= 0.3 is 12.3 Å². The minimum Gasteiger partial charge on any atom is -0.294 e. The molecule has 22 heavy (non-hydrogen) atoms. The second-order valence-electron chi connectivity index (χ2n) is 5.08. The highest BCUT2D eigenvalue weighted by Crippen LogP contribution is 2.28. The summed E-state index contributed by atoms with van der Waals surface area (Å²) in [7, 11) is 1.40. The van der Waals surface area contributed by atoms with Gasteiger partial charge in [-0.25, -0.2) is 18.4 Å². The molecule has 1 aromatic heterocycles. The van der Waals surface area contributed by atoms with Crippen molar-refractivity contribution in [1.29, 1.82) is 0 Å². The van der Waals surface area contributed by atoms with Crippen LogP contribution in [-0.4, -0.2) is 45.6 Å². The lowest BCUT2D eigenvalue weighted by Crippen LogP contribution is -2.40. The summed E-state index contributed by atoms with van der Waals surface area (Å²) in [6, 6.07) is 6.60. The van der Waals surface area contributed by atoms with Crippen LogP contribution in [0.5, 0.6) is 0 Å². The molecule has 8 heteroatoms. The van der Waals surface area contributed by atoms with Gasteiger partial charge in [-0.05, 0) is 31.7 Å². The van der Waals surface area contributed by atoms with Gasteiger partial charge < -0.3 is 0 Å². The number of alkyl halides is 4. The summed E-state index contributed by atoms with van der Waals surface area (Å²) in [6.07, 6.45) is -0.735. The number of benzene rings is 1. The maximum atomic E-state index is 13.1. The molecule has 0 aliphatic heterocycles. The van der Waals surface area contributed by atoms with Crippen molar-refractivity contribution in [2.45, 2.75) is 25.3 Å². The minimum atomic E-state index is -4.02. The smallest absolute Gasteiger partial charge is 0.294 e. The molecule has 1 heterocycles. The predicted molar refractivity (Wildman–Crippen MR) is 73.4 cm³/mol. The van der Waals surface area contributed by atoms with Crippen LogP contribution in [0.15, 0.2) is 36.9 Å². The van der Waals surface area contributed by atoms with Crippen LogP contribution in [0.4, 0.5) is 17.6 Å². The molecule has 1 aromatic carbocycles. The van der Waals surface area contributed by atoms with Crippen LogP contribution in [0, 0.1) is 0 Å². The van der Waals surface area contributed by atoms with E-state index in [1.807, 2.05) is 0 Å². The monoisotopic (exact) mass is 316 g/mol. The Morgan fingerprint density at radius 2 is 1.86 bits per heavy atom.